The van der Waals surface area contributed by atoms with Crippen LogP contribution < -0.4 is 0 Å². The fourth-order valence-corrected chi connectivity index (χ4v) is 2.92. The van der Waals surface area contributed by atoms with E-state index in [0.29, 0.717) is 11.5 Å². The van der Waals surface area contributed by atoms with Gasteiger partial charge in [0.15, 0.2) is 0 Å². The van der Waals surface area contributed by atoms with Crippen LogP contribution in [0.25, 0.3) is 11.0 Å². The number of imidazole rings is 1. The number of likely N-dealkylation sites (tertiary alicyclic amines) is 1. The minimum absolute atomic E-state index is 0.298. The zero-order valence-electron chi connectivity index (χ0n) is 11.6. The van der Waals surface area contributed by atoms with Crippen LogP contribution in [0.3, 0.4) is 0 Å². The van der Waals surface area contributed by atoms with Gasteiger partial charge in [-0.3, -0.25) is 0 Å². The molecule has 0 amide bonds. The molecule has 1 saturated heterocycles. The number of benzene rings is 1. The second-order valence-corrected chi connectivity index (χ2v) is 5.39. The van der Waals surface area contributed by atoms with Gasteiger partial charge in [-0.05, 0) is 44.1 Å². The van der Waals surface area contributed by atoms with E-state index in [2.05, 4.69) is 21.8 Å². The Labute approximate surface area is 117 Å². The molecule has 0 radical (unpaired) electrons. The molecule has 1 aliphatic rings. The highest BCUT2D eigenvalue weighted by atomic mass is 16.4. The first-order chi connectivity index (χ1) is 9.67. The predicted octanol–water partition coefficient (Wildman–Crippen LogP) is 2.46. The highest BCUT2D eigenvalue weighted by molar-refractivity contribution is 5.92. The topological polar surface area (TPSA) is 69.2 Å². The Morgan fingerprint density at radius 2 is 2.40 bits per heavy atom. The summed E-state index contributed by atoms with van der Waals surface area (Å²) in [6.45, 7) is 5.44. The number of rotatable bonds is 3. The lowest BCUT2D eigenvalue weighted by molar-refractivity contribution is 0.0697. The van der Waals surface area contributed by atoms with Crippen LogP contribution in [-0.4, -0.2) is 45.6 Å². The average molecular weight is 273 g/mol. The van der Waals surface area contributed by atoms with Crippen molar-refractivity contribution in [1.82, 2.24) is 14.9 Å². The Bertz CT molecular complexity index is 635. The van der Waals surface area contributed by atoms with Crippen molar-refractivity contribution in [2.45, 2.75) is 25.7 Å². The van der Waals surface area contributed by atoms with Crippen molar-refractivity contribution in [3.05, 3.63) is 29.6 Å². The molecule has 1 fully saturated rings. The molecule has 1 aliphatic heterocycles. The molecule has 3 rings (SSSR count). The highest BCUT2D eigenvalue weighted by Crippen LogP contribution is 2.26. The number of nitrogens with one attached hydrogen (secondary N) is 1. The van der Waals surface area contributed by atoms with Gasteiger partial charge in [-0.25, -0.2) is 9.78 Å². The van der Waals surface area contributed by atoms with E-state index >= 15 is 0 Å². The first-order valence-electron chi connectivity index (χ1n) is 7.12. The maximum Gasteiger partial charge on any atom is 0.335 e. The molecule has 2 heterocycles. The summed E-state index contributed by atoms with van der Waals surface area (Å²) >= 11 is 0. The lowest BCUT2D eigenvalue weighted by Crippen LogP contribution is -2.34. The summed E-state index contributed by atoms with van der Waals surface area (Å²) in [6.07, 6.45) is 2.33. The minimum atomic E-state index is -0.905. The average Bonchev–Trinajstić information content (AvgIpc) is 2.90. The summed E-state index contributed by atoms with van der Waals surface area (Å²) in [5, 5.41) is 9.03. The van der Waals surface area contributed by atoms with Gasteiger partial charge in [0.1, 0.15) is 5.82 Å². The molecule has 1 aromatic heterocycles. The van der Waals surface area contributed by atoms with Crippen LogP contribution in [0.5, 0.6) is 0 Å². The molecule has 20 heavy (non-hydrogen) atoms. The lowest BCUT2D eigenvalue weighted by atomic mass is 9.97. The first-order valence-corrected chi connectivity index (χ1v) is 7.12. The standard InChI is InChI=1S/C15H19N3O2/c1-2-18-7-3-4-11(9-18)14-16-12-6-5-10(15(19)20)8-13(12)17-14/h5-6,8,11H,2-4,7,9H2,1H3,(H,16,17)(H,19,20). The second kappa shape index (κ2) is 5.25. The van der Waals surface area contributed by atoms with Crippen molar-refractivity contribution in [2.75, 3.05) is 19.6 Å². The maximum absolute atomic E-state index is 11.0. The third-order valence-corrected chi connectivity index (χ3v) is 4.09. The third-order valence-electron chi connectivity index (χ3n) is 4.09. The molecule has 2 N–H and O–H groups in total. The molecule has 5 nitrogen and oxygen atoms in total. The van der Waals surface area contributed by atoms with Crippen LogP contribution in [0, 0.1) is 0 Å². The molecule has 1 unspecified atom stereocenters. The van der Waals surface area contributed by atoms with E-state index < -0.39 is 5.97 Å². The predicted molar refractivity (Wildman–Crippen MR) is 77.1 cm³/mol. The molecule has 2 aromatic rings. The summed E-state index contributed by atoms with van der Waals surface area (Å²) in [5.41, 5.74) is 1.96. The third kappa shape index (κ3) is 2.41. The number of carbonyl (C=O) groups is 1. The number of aromatic carboxylic acids is 1. The van der Waals surface area contributed by atoms with Gasteiger partial charge in [0, 0.05) is 12.5 Å². The Hall–Kier alpha value is -1.88. The Balaban J connectivity index is 1.90. The number of hydrogen-bond acceptors (Lipinski definition) is 3. The number of likely N-dealkylation sites (N-methyl/N-ethyl adjacent to an activating group) is 1. The molecule has 0 saturated carbocycles. The Kier molecular flexibility index (Phi) is 3.44. The molecule has 0 bridgehead atoms. The number of carboxylic acids is 1. The van der Waals surface area contributed by atoms with E-state index in [0.717, 1.165) is 42.9 Å². The van der Waals surface area contributed by atoms with Crippen molar-refractivity contribution in [1.29, 1.82) is 0 Å². The summed E-state index contributed by atoms with van der Waals surface area (Å²) < 4.78 is 0. The van der Waals surface area contributed by atoms with Crippen molar-refractivity contribution < 1.29 is 9.90 Å². The van der Waals surface area contributed by atoms with Gasteiger partial charge in [0.25, 0.3) is 0 Å². The van der Waals surface area contributed by atoms with Gasteiger partial charge in [0.2, 0.25) is 0 Å². The van der Waals surface area contributed by atoms with Crippen molar-refractivity contribution in [3.8, 4) is 0 Å². The smallest absolute Gasteiger partial charge is 0.335 e. The molecule has 0 aliphatic carbocycles. The minimum Gasteiger partial charge on any atom is -0.478 e. The molecular formula is C15H19N3O2. The van der Waals surface area contributed by atoms with Gasteiger partial charge in [-0.1, -0.05) is 6.92 Å². The van der Waals surface area contributed by atoms with Crippen molar-refractivity contribution >= 4 is 17.0 Å². The largest absolute Gasteiger partial charge is 0.478 e. The Morgan fingerprint density at radius 1 is 1.55 bits per heavy atom. The molecule has 1 atom stereocenters. The monoisotopic (exact) mass is 273 g/mol. The molecular weight excluding hydrogens is 254 g/mol. The van der Waals surface area contributed by atoms with E-state index in [4.69, 9.17) is 5.11 Å². The molecule has 1 aromatic carbocycles. The van der Waals surface area contributed by atoms with Gasteiger partial charge in [-0.15, -0.1) is 0 Å². The van der Waals surface area contributed by atoms with Crippen LogP contribution in [-0.2, 0) is 0 Å². The lowest BCUT2D eigenvalue weighted by Gasteiger charge is -2.30. The number of piperidine rings is 1. The second-order valence-electron chi connectivity index (χ2n) is 5.39. The fraction of sp³-hybridized carbons (Fsp3) is 0.467. The van der Waals surface area contributed by atoms with Crippen molar-refractivity contribution in [3.63, 3.8) is 0 Å². The van der Waals surface area contributed by atoms with E-state index in [9.17, 15) is 4.79 Å². The van der Waals surface area contributed by atoms with E-state index in [1.165, 1.54) is 6.42 Å². The number of aromatic nitrogens is 2. The van der Waals surface area contributed by atoms with Crippen LogP contribution >= 0.6 is 0 Å². The SMILES string of the molecule is CCN1CCCC(c2nc3ccc(C(=O)O)cc3[nH]2)C1. The van der Waals surface area contributed by atoms with E-state index in [1.807, 2.05) is 0 Å². The molecule has 5 heteroatoms. The number of aromatic amines is 1. The van der Waals surface area contributed by atoms with Gasteiger partial charge in [0.05, 0.1) is 16.6 Å². The molecule has 0 spiro atoms. The highest BCUT2D eigenvalue weighted by Gasteiger charge is 2.23. The normalized spacial score (nSPS) is 20.4. The van der Waals surface area contributed by atoms with E-state index in [1.54, 1.807) is 18.2 Å². The molecule has 106 valence electrons. The van der Waals surface area contributed by atoms with Gasteiger partial charge >= 0.3 is 5.97 Å². The quantitative estimate of drug-likeness (QED) is 0.901. The summed E-state index contributed by atoms with van der Waals surface area (Å²) in [7, 11) is 0. The number of H-pyrrole nitrogens is 1. The van der Waals surface area contributed by atoms with E-state index in [-0.39, 0.29) is 0 Å². The number of fused-ring (bicyclic) bond motifs is 1. The fourth-order valence-electron chi connectivity index (χ4n) is 2.92. The van der Waals surface area contributed by atoms with Crippen LogP contribution in [0.2, 0.25) is 0 Å². The van der Waals surface area contributed by atoms with Gasteiger partial charge < -0.3 is 15.0 Å². The first kappa shape index (κ1) is 13.1. The van der Waals surface area contributed by atoms with Crippen LogP contribution in [0.4, 0.5) is 0 Å². The van der Waals surface area contributed by atoms with Crippen LogP contribution in [0.15, 0.2) is 18.2 Å². The number of nitrogens with zero attached hydrogens (tertiary/aromatic N) is 2. The number of carboxylic acid groups (broad SMARTS) is 1. The Morgan fingerprint density at radius 3 is 3.15 bits per heavy atom. The van der Waals surface area contributed by atoms with Crippen molar-refractivity contribution in [2.24, 2.45) is 0 Å². The summed E-state index contributed by atoms with van der Waals surface area (Å²) in [6, 6.07) is 5.04. The maximum atomic E-state index is 11.0. The summed E-state index contributed by atoms with van der Waals surface area (Å²) in [5.74, 6) is 0.503. The van der Waals surface area contributed by atoms with Crippen LogP contribution in [0.1, 0.15) is 41.9 Å². The zero-order valence-corrected chi connectivity index (χ0v) is 11.6. The van der Waals surface area contributed by atoms with Gasteiger partial charge in [-0.2, -0.15) is 0 Å². The zero-order chi connectivity index (χ0) is 14.1. The summed E-state index contributed by atoms with van der Waals surface area (Å²) in [4.78, 5) is 21.4. The number of hydrogen-bond donors (Lipinski definition) is 2.